The van der Waals surface area contributed by atoms with Crippen LogP contribution in [0.3, 0.4) is 0 Å². The molecule has 0 amide bonds. The lowest BCUT2D eigenvalue weighted by molar-refractivity contribution is -0.139. The van der Waals surface area contributed by atoms with Crippen molar-refractivity contribution in [3.05, 3.63) is 0 Å². The molecule has 0 aliphatic carbocycles. The van der Waals surface area contributed by atoms with Gasteiger partial charge in [0.05, 0.1) is 12.4 Å². The molecule has 0 radical (unpaired) electrons. The Hall–Kier alpha value is -0.320. The van der Waals surface area contributed by atoms with Crippen molar-refractivity contribution in [3.8, 4) is 0 Å². The molecule has 2 nitrogen and oxygen atoms in total. The first-order valence-electron chi connectivity index (χ1n) is 3.55. The van der Waals surface area contributed by atoms with Crippen LogP contribution in [0.15, 0.2) is 0 Å². The third-order valence-electron chi connectivity index (χ3n) is 1.24. The maximum atomic E-state index is 11.6. The van der Waals surface area contributed by atoms with E-state index in [9.17, 15) is 13.6 Å². The van der Waals surface area contributed by atoms with E-state index in [0.29, 0.717) is 0 Å². The van der Waals surface area contributed by atoms with Crippen molar-refractivity contribution in [1.82, 2.24) is 0 Å². The van der Waals surface area contributed by atoms with Crippen LogP contribution < -0.4 is 0 Å². The van der Waals surface area contributed by atoms with Gasteiger partial charge in [0.1, 0.15) is 0 Å². The average Bonchev–Trinajstić information content (AvgIpc) is 2.02. The van der Waals surface area contributed by atoms with Gasteiger partial charge < -0.3 is 4.74 Å². The fraction of sp³-hybridized carbons (Fsp3) is 0.857. The van der Waals surface area contributed by atoms with Gasteiger partial charge in [-0.15, -0.1) is 11.8 Å². The van der Waals surface area contributed by atoms with Gasteiger partial charge in [0.15, 0.2) is 0 Å². The summed E-state index contributed by atoms with van der Waals surface area (Å²) in [6.45, 7) is 1.64. The molecule has 0 aliphatic heterocycles. The number of ether oxygens (including phenoxy) is 1. The van der Waals surface area contributed by atoms with E-state index in [1.807, 2.05) is 0 Å². The highest BCUT2D eigenvalue weighted by atomic mass is 32.2. The highest BCUT2D eigenvalue weighted by Crippen LogP contribution is 2.15. The summed E-state index contributed by atoms with van der Waals surface area (Å²) in [6.07, 6.45) is -2.46. The van der Waals surface area contributed by atoms with E-state index in [2.05, 4.69) is 4.74 Å². The maximum Gasteiger partial charge on any atom is 0.318 e. The van der Waals surface area contributed by atoms with Crippen molar-refractivity contribution in [3.63, 3.8) is 0 Å². The number of hydrogen-bond donors (Lipinski definition) is 0. The van der Waals surface area contributed by atoms with Crippen molar-refractivity contribution in [2.45, 2.75) is 25.0 Å². The van der Waals surface area contributed by atoms with Crippen LogP contribution in [0, 0.1) is 0 Å². The van der Waals surface area contributed by atoms with E-state index < -0.39 is 6.43 Å². The number of carbonyl (C=O) groups excluding carboxylic acids is 1. The quantitative estimate of drug-likeness (QED) is 0.631. The van der Waals surface area contributed by atoms with Crippen LogP contribution in [0.1, 0.15) is 13.3 Å². The predicted molar refractivity (Wildman–Crippen MR) is 44.6 cm³/mol. The summed E-state index contributed by atoms with van der Waals surface area (Å²) in [7, 11) is 1.28. The van der Waals surface area contributed by atoms with Crippen molar-refractivity contribution >= 4 is 17.7 Å². The number of alkyl halides is 2. The molecule has 72 valence electrons. The second-order valence-electron chi connectivity index (χ2n) is 2.22. The lowest BCUT2D eigenvalue weighted by atomic mass is 10.5. The van der Waals surface area contributed by atoms with Crippen LogP contribution >= 0.6 is 11.8 Å². The Labute approximate surface area is 74.7 Å². The van der Waals surface area contributed by atoms with E-state index in [1.54, 1.807) is 6.92 Å². The zero-order valence-corrected chi connectivity index (χ0v) is 7.87. The molecule has 0 aliphatic rings. The van der Waals surface area contributed by atoms with Crippen molar-refractivity contribution in [1.29, 1.82) is 0 Å². The molecule has 0 aromatic heterocycles. The van der Waals surface area contributed by atoms with Gasteiger partial charge in [0.2, 0.25) is 6.43 Å². The third-order valence-corrected chi connectivity index (χ3v) is 2.40. The molecule has 1 unspecified atom stereocenters. The van der Waals surface area contributed by atoms with Gasteiger partial charge in [0.25, 0.3) is 0 Å². The van der Waals surface area contributed by atoms with Crippen molar-refractivity contribution < 1.29 is 18.3 Å². The number of hydrogen-bond acceptors (Lipinski definition) is 3. The Balaban J connectivity index is 3.43. The van der Waals surface area contributed by atoms with Crippen LogP contribution in [0.4, 0.5) is 8.78 Å². The predicted octanol–water partition coefficient (Wildman–Crippen LogP) is 1.94. The first kappa shape index (κ1) is 11.7. The minimum atomic E-state index is -2.29. The summed E-state index contributed by atoms with van der Waals surface area (Å²) in [5.41, 5.74) is 0. The zero-order chi connectivity index (χ0) is 9.56. The molecular weight excluding hydrogens is 186 g/mol. The smallest absolute Gasteiger partial charge is 0.318 e. The number of carbonyl (C=O) groups is 1. The summed E-state index contributed by atoms with van der Waals surface area (Å²) < 4.78 is 27.7. The number of halogens is 2. The van der Waals surface area contributed by atoms with E-state index in [-0.39, 0.29) is 23.4 Å². The van der Waals surface area contributed by atoms with Gasteiger partial charge in [-0.1, -0.05) is 0 Å². The van der Waals surface area contributed by atoms with Gasteiger partial charge in [0, 0.05) is 6.42 Å². The molecule has 12 heavy (non-hydrogen) atoms. The SMILES string of the molecule is COC(=O)C(C)SCCC(F)F. The molecule has 0 rings (SSSR count). The second-order valence-corrected chi connectivity index (χ2v) is 3.66. The largest absolute Gasteiger partial charge is 0.468 e. The molecule has 0 N–H and O–H groups in total. The molecule has 0 fully saturated rings. The number of esters is 1. The zero-order valence-electron chi connectivity index (χ0n) is 7.05. The highest BCUT2D eigenvalue weighted by Gasteiger charge is 2.13. The number of thioether (sulfide) groups is 1. The molecule has 5 heteroatoms. The number of methoxy groups -OCH3 is 1. The Kier molecular flexibility index (Phi) is 6.06. The van der Waals surface area contributed by atoms with Crippen molar-refractivity contribution in [2.75, 3.05) is 12.9 Å². The van der Waals surface area contributed by atoms with E-state index in [1.165, 1.54) is 18.9 Å². The summed E-state index contributed by atoms with van der Waals surface area (Å²) in [4.78, 5) is 10.8. The first-order chi connectivity index (χ1) is 5.57. The monoisotopic (exact) mass is 198 g/mol. The van der Waals surface area contributed by atoms with Gasteiger partial charge in [-0.2, -0.15) is 0 Å². The van der Waals surface area contributed by atoms with Crippen molar-refractivity contribution in [2.24, 2.45) is 0 Å². The molecule has 0 heterocycles. The lowest BCUT2D eigenvalue weighted by Gasteiger charge is -2.07. The van der Waals surface area contributed by atoms with Gasteiger partial charge in [-0.3, -0.25) is 4.79 Å². The van der Waals surface area contributed by atoms with E-state index >= 15 is 0 Å². The summed E-state index contributed by atoms with van der Waals surface area (Å²) in [5, 5.41) is -0.353. The van der Waals surface area contributed by atoms with Crippen LogP contribution in [0.5, 0.6) is 0 Å². The normalized spacial score (nSPS) is 13.1. The van der Waals surface area contributed by atoms with Gasteiger partial charge in [-0.05, 0) is 12.7 Å². The topological polar surface area (TPSA) is 26.3 Å². The Morgan fingerprint density at radius 1 is 1.58 bits per heavy atom. The van der Waals surface area contributed by atoms with E-state index in [0.717, 1.165) is 0 Å². The minimum Gasteiger partial charge on any atom is -0.468 e. The van der Waals surface area contributed by atoms with Gasteiger partial charge in [-0.25, -0.2) is 8.78 Å². The summed E-state index contributed by atoms with van der Waals surface area (Å²) >= 11 is 1.18. The molecule has 1 atom stereocenters. The maximum absolute atomic E-state index is 11.6. The Bertz CT molecular complexity index is 141. The summed E-state index contributed by atoms with van der Waals surface area (Å²) in [6, 6.07) is 0. The first-order valence-corrected chi connectivity index (χ1v) is 4.60. The second kappa shape index (κ2) is 6.22. The van der Waals surface area contributed by atoms with Crippen LogP contribution in [0.2, 0.25) is 0 Å². The molecule has 0 bridgehead atoms. The van der Waals surface area contributed by atoms with E-state index in [4.69, 9.17) is 0 Å². The molecule has 0 saturated heterocycles. The standard InChI is InChI=1S/C7H12F2O2S/c1-5(7(10)11-2)12-4-3-6(8)9/h5-6H,3-4H2,1-2H3. The average molecular weight is 198 g/mol. The summed E-state index contributed by atoms with van der Waals surface area (Å²) in [5.74, 6) is -0.0808. The molecule has 0 spiro atoms. The number of rotatable bonds is 5. The minimum absolute atomic E-state index is 0.175. The fourth-order valence-corrected chi connectivity index (χ4v) is 1.47. The molecule has 0 saturated carbocycles. The van der Waals surface area contributed by atoms with Gasteiger partial charge >= 0.3 is 5.97 Å². The fourth-order valence-electron chi connectivity index (χ4n) is 0.568. The Morgan fingerprint density at radius 2 is 2.17 bits per heavy atom. The molecule has 0 aromatic carbocycles. The van der Waals surface area contributed by atoms with Crippen LogP contribution in [-0.4, -0.2) is 30.5 Å². The highest BCUT2D eigenvalue weighted by molar-refractivity contribution is 8.00. The van der Waals surface area contributed by atoms with Crippen LogP contribution in [0.25, 0.3) is 0 Å². The Morgan fingerprint density at radius 3 is 2.58 bits per heavy atom. The van der Waals surface area contributed by atoms with Crippen LogP contribution in [-0.2, 0) is 9.53 Å². The third kappa shape index (κ3) is 5.35. The molecule has 0 aromatic rings. The molecular formula is C7H12F2O2S. The lowest BCUT2D eigenvalue weighted by Crippen LogP contribution is -2.15.